The Morgan fingerprint density at radius 1 is 1.17 bits per heavy atom. The topological polar surface area (TPSA) is 55.6 Å². The average molecular weight is 425 g/mol. The summed E-state index contributed by atoms with van der Waals surface area (Å²) in [5.41, 5.74) is 0.849. The quantitative estimate of drug-likeness (QED) is 0.344. The van der Waals surface area contributed by atoms with Gasteiger partial charge in [-0.3, -0.25) is 9.69 Å². The Labute approximate surface area is 177 Å². The summed E-state index contributed by atoms with van der Waals surface area (Å²) in [6.07, 6.45) is 2.03. The van der Waals surface area contributed by atoms with E-state index >= 15 is 0 Å². The first-order valence-corrected chi connectivity index (χ1v) is 11.0. The van der Waals surface area contributed by atoms with Gasteiger partial charge in [0.15, 0.2) is 5.13 Å². The number of thiazole rings is 1. The van der Waals surface area contributed by atoms with Crippen LogP contribution < -0.4 is 9.64 Å². The minimum atomic E-state index is 0.0239. The first kappa shape index (κ1) is 19.5. The lowest BCUT2D eigenvalue weighted by atomic mass is 10.3. The van der Waals surface area contributed by atoms with Gasteiger partial charge >= 0.3 is 0 Å². The lowest BCUT2D eigenvalue weighted by molar-refractivity contribution is -0.118. The number of furan rings is 1. The molecule has 1 amide bonds. The second kappa shape index (κ2) is 9.15. The molecule has 0 N–H and O–H groups in total. The molecule has 0 saturated heterocycles. The van der Waals surface area contributed by atoms with Gasteiger partial charge < -0.3 is 9.15 Å². The Morgan fingerprint density at radius 2 is 2.03 bits per heavy atom. The van der Waals surface area contributed by atoms with E-state index in [2.05, 4.69) is 17.1 Å². The number of aromatic nitrogens is 1. The molecule has 2 heterocycles. The molecule has 0 spiro atoms. The largest absolute Gasteiger partial charge is 0.497 e. The maximum atomic E-state index is 13.1. The molecule has 0 aliphatic carbocycles. The lowest BCUT2D eigenvalue weighted by Gasteiger charge is -2.18. The van der Waals surface area contributed by atoms with Gasteiger partial charge in [0.25, 0.3) is 0 Å². The number of rotatable bonds is 8. The molecule has 0 radical (unpaired) electrons. The Hall–Kier alpha value is -2.77. The third-order valence-corrected chi connectivity index (χ3v) is 6.39. The van der Waals surface area contributed by atoms with Crippen LogP contribution in [0.5, 0.6) is 5.75 Å². The molecular formula is C22H20N2O3S2. The number of carbonyl (C=O) groups excluding carboxylic acids is 1. The molecule has 2 aromatic carbocycles. The third-order valence-electron chi connectivity index (χ3n) is 4.34. The number of ether oxygens (including phenoxy) is 1. The molecule has 29 heavy (non-hydrogen) atoms. The highest BCUT2D eigenvalue weighted by Gasteiger charge is 2.21. The van der Waals surface area contributed by atoms with Crippen molar-refractivity contribution in [1.82, 2.24) is 4.98 Å². The van der Waals surface area contributed by atoms with E-state index in [1.807, 2.05) is 48.5 Å². The first-order chi connectivity index (χ1) is 14.2. The minimum absolute atomic E-state index is 0.0239. The fourth-order valence-electron chi connectivity index (χ4n) is 2.86. The second-order valence-electron chi connectivity index (χ2n) is 6.30. The number of thioether (sulfide) groups is 1. The number of methoxy groups -OCH3 is 1. The van der Waals surface area contributed by atoms with Crippen molar-refractivity contribution in [2.24, 2.45) is 0 Å². The summed E-state index contributed by atoms with van der Waals surface area (Å²) in [7, 11) is 1.64. The van der Waals surface area contributed by atoms with Gasteiger partial charge in [-0.25, -0.2) is 4.98 Å². The van der Waals surface area contributed by atoms with Crippen molar-refractivity contribution in [3.8, 4) is 5.75 Å². The number of nitrogens with zero attached hydrogens (tertiary/aromatic N) is 2. The summed E-state index contributed by atoms with van der Waals surface area (Å²) in [6, 6.07) is 19.5. The summed E-state index contributed by atoms with van der Waals surface area (Å²) in [6.45, 7) is 0.360. The second-order valence-corrected chi connectivity index (χ2v) is 8.48. The van der Waals surface area contributed by atoms with E-state index < -0.39 is 0 Å². The van der Waals surface area contributed by atoms with E-state index in [1.165, 1.54) is 11.3 Å². The van der Waals surface area contributed by atoms with Crippen LogP contribution >= 0.6 is 23.1 Å². The molecule has 0 atom stereocenters. The SMILES string of the molecule is COc1ccc2nc(N(Cc3ccco3)C(=O)CCSc3ccccc3)sc2c1. The van der Waals surface area contributed by atoms with Crippen molar-refractivity contribution in [3.63, 3.8) is 0 Å². The molecule has 0 saturated carbocycles. The summed E-state index contributed by atoms with van der Waals surface area (Å²) in [4.78, 5) is 20.6. The van der Waals surface area contributed by atoms with Crippen molar-refractivity contribution in [1.29, 1.82) is 0 Å². The predicted octanol–water partition coefficient (Wildman–Crippen LogP) is 5.61. The zero-order valence-electron chi connectivity index (χ0n) is 15.9. The molecule has 0 fully saturated rings. The lowest BCUT2D eigenvalue weighted by Crippen LogP contribution is -2.30. The summed E-state index contributed by atoms with van der Waals surface area (Å²) < 4.78 is 11.8. The maximum Gasteiger partial charge on any atom is 0.230 e. The standard InChI is InChI=1S/C22H20N2O3S2/c1-26-16-9-10-19-20(14-16)29-22(23-19)24(15-17-6-5-12-27-17)21(25)11-13-28-18-7-3-2-4-8-18/h2-10,12,14H,11,13,15H2,1H3. The molecule has 4 aromatic rings. The van der Waals surface area contributed by atoms with Crippen LogP contribution in [0.3, 0.4) is 0 Å². The van der Waals surface area contributed by atoms with Gasteiger partial charge in [-0.2, -0.15) is 0 Å². The van der Waals surface area contributed by atoms with Crippen LogP contribution in [0.2, 0.25) is 0 Å². The Bertz CT molecular complexity index is 1080. The fourth-order valence-corrected chi connectivity index (χ4v) is 4.74. The molecule has 7 heteroatoms. The molecule has 0 bridgehead atoms. The highest BCUT2D eigenvalue weighted by Crippen LogP contribution is 2.33. The van der Waals surface area contributed by atoms with Crippen LogP contribution in [-0.2, 0) is 11.3 Å². The zero-order valence-corrected chi connectivity index (χ0v) is 17.5. The molecule has 0 aliphatic rings. The van der Waals surface area contributed by atoms with Crippen molar-refractivity contribution in [2.75, 3.05) is 17.8 Å². The fraction of sp³-hybridized carbons (Fsp3) is 0.182. The van der Waals surface area contributed by atoms with Gasteiger partial charge in [0.1, 0.15) is 11.5 Å². The molecular weight excluding hydrogens is 404 g/mol. The predicted molar refractivity (Wildman–Crippen MR) is 118 cm³/mol. The van der Waals surface area contributed by atoms with Crippen molar-refractivity contribution in [3.05, 3.63) is 72.7 Å². The molecule has 0 aliphatic heterocycles. The number of benzene rings is 2. The summed E-state index contributed by atoms with van der Waals surface area (Å²) >= 11 is 3.16. The number of fused-ring (bicyclic) bond motifs is 1. The highest BCUT2D eigenvalue weighted by molar-refractivity contribution is 7.99. The normalized spacial score (nSPS) is 10.9. The van der Waals surface area contributed by atoms with Crippen LogP contribution in [-0.4, -0.2) is 23.8 Å². The molecule has 148 valence electrons. The third kappa shape index (κ3) is 4.81. The number of carbonyl (C=O) groups is 1. The van der Waals surface area contributed by atoms with Gasteiger partial charge in [-0.05, 0) is 42.5 Å². The number of amides is 1. The zero-order chi connectivity index (χ0) is 20.1. The van der Waals surface area contributed by atoms with E-state index in [4.69, 9.17) is 9.15 Å². The van der Waals surface area contributed by atoms with Gasteiger partial charge in [-0.15, -0.1) is 11.8 Å². The van der Waals surface area contributed by atoms with Crippen LogP contribution in [0.15, 0.2) is 76.2 Å². The monoisotopic (exact) mass is 424 g/mol. The van der Waals surface area contributed by atoms with Crippen molar-refractivity contribution in [2.45, 2.75) is 17.9 Å². The Kier molecular flexibility index (Phi) is 6.17. The smallest absolute Gasteiger partial charge is 0.230 e. The maximum absolute atomic E-state index is 13.1. The van der Waals surface area contributed by atoms with E-state index in [1.54, 1.807) is 30.0 Å². The van der Waals surface area contributed by atoms with Crippen LogP contribution in [0.1, 0.15) is 12.2 Å². The first-order valence-electron chi connectivity index (χ1n) is 9.18. The number of hydrogen-bond donors (Lipinski definition) is 0. The van der Waals surface area contributed by atoms with E-state index in [9.17, 15) is 4.79 Å². The Morgan fingerprint density at radius 3 is 2.79 bits per heavy atom. The van der Waals surface area contributed by atoms with Gasteiger partial charge in [0, 0.05) is 17.1 Å². The summed E-state index contributed by atoms with van der Waals surface area (Å²) in [5.74, 6) is 2.23. The van der Waals surface area contributed by atoms with E-state index in [-0.39, 0.29) is 5.91 Å². The summed E-state index contributed by atoms with van der Waals surface area (Å²) in [5, 5.41) is 0.666. The van der Waals surface area contributed by atoms with Crippen LogP contribution in [0.4, 0.5) is 5.13 Å². The number of hydrogen-bond acceptors (Lipinski definition) is 6. The van der Waals surface area contributed by atoms with Crippen molar-refractivity contribution >= 4 is 44.4 Å². The highest BCUT2D eigenvalue weighted by atomic mass is 32.2. The minimum Gasteiger partial charge on any atom is -0.497 e. The van der Waals surface area contributed by atoms with E-state index in [0.717, 1.165) is 26.6 Å². The molecule has 0 unspecified atom stereocenters. The van der Waals surface area contributed by atoms with E-state index in [0.29, 0.717) is 23.8 Å². The van der Waals surface area contributed by atoms with Gasteiger partial charge in [0.05, 0.1) is 30.1 Å². The molecule has 5 nitrogen and oxygen atoms in total. The molecule has 4 rings (SSSR count). The number of anilines is 1. The average Bonchev–Trinajstić information content (AvgIpc) is 3.41. The van der Waals surface area contributed by atoms with Crippen molar-refractivity contribution < 1.29 is 13.9 Å². The van der Waals surface area contributed by atoms with Crippen LogP contribution in [0, 0.1) is 0 Å². The molecule has 2 aromatic heterocycles. The Balaban J connectivity index is 1.53. The van der Waals surface area contributed by atoms with Gasteiger partial charge in [0.2, 0.25) is 5.91 Å². The van der Waals surface area contributed by atoms with Gasteiger partial charge in [-0.1, -0.05) is 29.5 Å². The van der Waals surface area contributed by atoms with Crippen LogP contribution in [0.25, 0.3) is 10.2 Å².